The zero-order valence-corrected chi connectivity index (χ0v) is 24.4. The number of azo groups is 2. The van der Waals surface area contributed by atoms with Crippen LogP contribution in [0.1, 0.15) is 0 Å². The quantitative estimate of drug-likeness (QED) is 0.0485. The number of hydrogen-bond acceptors (Lipinski definition) is 10. The van der Waals surface area contributed by atoms with Gasteiger partial charge in [-0.2, -0.15) is 37.2 Å². The molecule has 0 bridgehead atoms. The van der Waals surface area contributed by atoms with Crippen LogP contribution in [0.4, 0.5) is 34.1 Å². The molecule has 0 fully saturated rings. The number of anilines is 1. The summed E-state index contributed by atoms with van der Waals surface area (Å²) in [5.74, 6) is -0.437. The van der Waals surface area contributed by atoms with E-state index >= 15 is 0 Å². The van der Waals surface area contributed by atoms with Gasteiger partial charge in [0, 0.05) is 22.5 Å². The van der Waals surface area contributed by atoms with E-state index in [2.05, 4.69) is 30.8 Å². The summed E-state index contributed by atoms with van der Waals surface area (Å²) >= 11 is 0. The number of aliphatic hydroxyl groups excluding tert-OH is 1. The molecular weight excluding hydrogens is 624 g/mol. The van der Waals surface area contributed by atoms with Gasteiger partial charge < -0.3 is 15.5 Å². The Kier molecular flexibility index (Phi) is 8.64. The second-order valence-electron chi connectivity index (χ2n) is 9.26. The van der Waals surface area contributed by atoms with E-state index in [1.807, 2.05) is 0 Å². The third-order valence-corrected chi connectivity index (χ3v) is 7.84. The van der Waals surface area contributed by atoms with Gasteiger partial charge in [-0.05, 0) is 78.9 Å². The van der Waals surface area contributed by atoms with Crippen molar-refractivity contribution < 1.29 is 36.2 Å². The Hall–Kier alpha value is -5.55. The van der Waals surface area contributed by atoms with E-state index in [1.54, 1.807) is 42.5 Å². The minimum Gasteiger partial charge on any atom is -0.507 e. The molecule has 14 nitrogen and oxygen atoms in total. The number of phenolic OH excluding ortho intramolecular Hbond substituents is 1. The van der Waals surface area contributed by atoms with Crippen LogP contribution < -0.4 is 5.32 Å². The fraction of sp³-hybridized carbons (Fsp3) is 0. The Morgan fingerprint density at radius 2 is 1.16 bits per heavy atom. The van der Waals surface area contributed by atoms with E-state index in [1.165, 1.54) is 54.6 Å². The van der Waals surface area contributed by atoms with E-state index in [9.17, 15) is 31.6 Å². The monoisotopic (exact) mass is 646 g/mol. The zero-order valence-electron chi connectivity index (χ0n) is 22.8. The van der Waals surface area contributed by atoms with Crippen molar-refractivity contribution >= 4 is 71.2 Å². The molecule has 0 saturated heterocycles. The van der Waals surface area contributed by atoms with Crippen LogP contribution in [-0.2, 0) is 20.2 Å². The van der Waals surface area contributed by atoms with Gasteiger partial charge in [0.25, 0.3) is 26.3 Å². The van der Waals surface area contributed by atoms with Gasteiger partial charge in [0.1, 0.15) is 16.3 Å². The Balaban J connectivity index is 1.44. The van der Waals surface area contributed by atoms with Gasteiger partial charge >= 0.3 is 0 Å². The minimum absolute atomic E-state index is 0.0920. The molecule has 0 spiro atoms. The van der Waals surface area contributed by atoms with E-state index in [0.717, 1.165) is 6.07 Å². The molecule has 0 aliphatic heterocycles. The second-order valence-corrected chi connectivity index (χ2v) is 12.1. The molecule has 228 valence electrons. The first-order chi connectivity index (χ1) is 21.4. The Morgan fingerprint density at radius 1 is 0.600 bits per heavy atom. The van der Waals surface area contributed by atoms with Gasteiger partial charge in [-0.15, -0.1) is 5.11 Å². The maximum Gasteiger partial charge on any atom is 0.296 e. The van der Waals surface area contributed by atoms with Crippen LogP contribution in [-0.4, -0.2) is 42.2 Å². The summed E-state index contributed by atoms with van der Waals surface area (Å²) in [4.78, 5) is 3.07. The summed E-state index contributed by atoms with van der Waals surface area (Å²) in [6.45, 7) is 0. The normalized spacial score (nSPS) is 12.7. The highest BCUT2D eigenvalue weighted by Gasteiger charge is 2.22. The van der Waals surface area contributed by atoms with Crippen molar-refractivity contribution in [3.05, 3.63) is 103 Å². The number of benzene rings is 5. The number of aliphatic hydroxyl groups is 1. The minimum atomic E-state index is -4.86. The SMILES string of the molecule is O=S(=O)(O)c1ccc(N=Nc2ccc(N=Nc3c(S(=O)(=O)O)cc(O)c4ccc(NC(O)=Nc5ccccc5)cc34)cc2)cc1. The number of nitrogens with one attached hydrogen (secondary N) is 1. The molecule has 5 N–H and O–H groups in total. The van der Waals surface area contributed by atoms with Crippen LogP contribution in [0.15, 0.2) is 138 Å². The van der Waals surface area contributed by atoms with Crippen LogP contribution in [0, 0.1) is 0 Å². The molecule has 0 heterocycles. The Bertz CT molecular complexity index is 2190. The number of aromatic hydroxyl groups is 1. The van der Waals surface area contributed by atoms with Crippen LogP contribution in [0.5, 0.6) is 5.75 Å². The second kappa shape index (κ2) is 12.6. The van der Waals surface area contributed by atoms with Crippen LogP contribution in [0.2, 0.25) is 0 Å². The molecule has 5 aromatic rings. The number of fused-ring (bicyclic) bond motifs is 1. The standard InChI is InChI=1S/C29H22N6O8S2/c36-26-17-27(45(41,42)43)28(25-16-22(12-15-24(25)26)31-29(37)30-18-4-2-1-3-5-18)35-34-20-8-6-19(7-9-20)32-33-21-10-13-23(14-11-21)44(38,39)40/h1-17,36H,(H2,30,31,37)(H,38,39,40)(H,41,42,43). The van der Waals surface area contributed by atoms with Gasteiger partial charge in [-0.1, -0.05) is 18.2 Å². The number of para-hydroxylation sites is 1. The molecule has 0 aromatic heterocycles. The summed E-state index contributed by atoms with van der Waals surface area (Å²) in [5.41, 5.74) is 1.48. The molecule has 0 aliphatic carbocycles. The van der Waals surface area contributed by atoms with E-state index in [4.69, 9.17) is 4.55 Å². The molecule has 0 amide bonds. The first-order valence-corrected chi connectivity index (χ1v) is 15.6. The van der Waals surface area contributed by atoms with Crippen molar-refractivity contribution in [1.82, 2.24) is 0 Å². The lowest BCUT2D eigenvalue weighted by atomic mass is 10.1. The number of aliphatic imine (C=N–C) groups is 1. The highest BCUT2D eigenvalue weighted by molar-refractivity contribution is 7.86. The zero-order chi connectivity index (χ0) is 32.2. The first-order valence-electron chi connectivity index (χ1n) is 12.7. The van der Waals surface area contributed by atoms with Crippen LogP contribution >= 0.6 is 0 Å². The van der Waals surface area contributed by atoms with Crippen molar-refractivity contribution in [1.29, 1.82) is 0 Å². The van der Waals surface area contributed by atoms with Gasteiger partial charge in [0.15, 0.2) is 0 Å². The molecule has 5 aromatic carbocycles. The number of nitrogens with zero attached hydrogens (tertiary/aromatic N) is 5. The van der Waals surface area contributed by atoms with Crippen molar-refractivity contribution in [3.63, 3.8) is 0 Å². The van der Waals surface area contributed by atoms with E-state index < -0.39 is 36.9 Å². The van der Waals surface area contributed by atoms with Gasteiger partial charge in [-0.25, -0.2) is 0 Å². The summed E-state index contributed by atoms with van der Waals surface area (Å²) in [5, 5.41) is 40.0. The summed E-state index contributed by atoms with van der Waals surface area (Å²) in [7, 11) is -9.19. The lowest BCUT2D eigenvalue weighted by molar-refractivity contribution is 0.471. The van der Waals surface area contributed by atoms with Crippen molar-refractivity contribution in [3.8, 4) is 5.75 Å². The molecule has 45 heavy (non-hydrogen) atoms. The predicted octanol–water partition coefficient (Wildman–Crippen LogP) is 7.53. The summed E-state index contributed by atoms with van der Waals surface area (Å²) < 4.78 is 65.8. The topological polar surface area (TPSA) is 223 Å². The third-order valence-electron chi connectivity index (χ3n) is 6.11. The fourth-order valence-electron chi connectivity index (χ4n) is 4.02. The maximum atomic E-state index is 12.2. The molecule has 0 unspecified atom stereocenters. The summed E-state index contributed by atoms with van der Waals surface area (Å²) in [6, 6.07) is 24.6. The van der Waals surface area contributed by atoms with Crippen molar-refractivity contribution in [2.45, 2.75) is 9.79 Å². The number of rotatable bonds is 8. The average molecular weight is 647 g/mol. The van der Waals surface area contributed by atoms with Gasteiger partial charge in [0.05, 0.1) is 27.6 Å². The Labute approximate surface area is 256 Å². The fourth-order valence-corrected chi connectivity index (χ4v) is 5.16. The van der Waals surface area contributed by atoms with Crippen LogP contribution in [0.3, 0.4) is 0 Å². The largest absolute Gasteiger partial charge is 0.507 e. The molecule has 0 saturated carbocycles. The molecular formula is C29H22N6O8S2. The third kappa shape index (κ3) is 7.70. The smallest absolute Gasteiger partial charge is 0.296 e. The predicted molar refractivity (Wildman–Crippen MR) is 166 cm³/mol. The molecule has 16 heteroatoms. The van der Waals surface area contributed by atoms with Crippen molar-refractivity contribution in [2.24, 2.45) is 25.4 Å². The van der Waals surface area contributed by atoms with E-state index in [-0.39, 0.29) is 32.7 Å². The van der Waals surface area contributed by atoms with Gasteiger partial charge in [0.2, 0.25) is 0 Å². The molecule has 0 radical (unpaired) electrons. The number of amidine groups is 1. The van der Waals surface area contributed by atoms with E-state index in [0.29, 0.717) is 17.1 Å². The van der Waals surface area contributed by atoms with Gasteiger partial charge in [-0.3, -0.25) is 9.11 Å². The summed E-state index contributed by atoms with van der Waals surface area (Å²) in [6.07, 6.45) is 0. The Morgan fingerprint density at radius 3 is 1.71 bits per heavy atom. The maximum absolute atomic E-state index is 12.2. The first kappa shape index (κ1) is 30.9. The van der Waals surface area contributed by atoms with Crippen molar-refractivity contribution in [2.75, 3.05) is 5.32 Å². The highest BCUT2D eigenvalue weighted by atomic mass is 32.2. The lowest BCUT2D eigenvalue weighted by Crippen LogP contribution is -2.10. The lowest BCUT2D eigenvalue weighted by Gasteiger charge is -2.11. The number of phenols is 1. The highest BCUT2D eigenvalue weighted by Crippen LogP contribution is 2.41. The molecule has 0 atom stereocenters. The average Bonchev–Trinajstić information content (AvgIpc) is 2.99. The molecule has 5 rings (SSSR count). The number of hydrogen-bond donors (Lipinski definition) is 5. The van der Waals surface area contributed by atoms with Crippen LogP contribution in [0.25, 0.3) is 10.8 Å². The molecule has 0 aliphatic rings.